The normalized spacial score (nSPS) is 10.6. The zero-order chi connectivity index (χ0) is 13.1. The molecule has 0 bridgehead atoms. The maximum Gasteiger partial charge on any atom is 0.313 e. The minimum Gasteiger partial charge on any atom is -0.481 e. The number of halogens is 1. The van der Waals surface area contributed by atoms with Crippen molar-refractivity contribution in [1.29, 1.82) is 0 Å². The third kappa shape index (κ3) is 2.86. The Hall–Kier alpha value is -1.89. The Labute approximate surface area is 106 Å². The van der Waals surface area contributed by atoms with Gasteiger partial charge in [0, 0.05) is 0 Å². The molecule has 18 heavy (non-hydrogen) atoms. The molecule has 0 spiro atoms. The van der Waals surface area contributed by atoms with E-state index >= 15 is 0 Å². The highest BCUT2D eigenvalue weighted by Gasteiger charge is 2.11. The number of nitrogens with one attached hydrogen (secondary N) is 1. The van der Waals surface area contributed by atoms with E-state index < -0.39 is 5.97 Å². The maximum absolute atomic E-state index is 13.7. The zero-order valence-electron chi connectivity index (χ0n) is 9.48. The Morgan fingerprint density at radius 2 is 2.33 bits per heavy atom. The minimum absolute atomic E-state index is 0.131. The molecule has 0 amide bonds. The van der Waals surface area contributed by atoms with Crippen LogP contribution in [0.25, 0.3) is 11.4 Å². The second-order valence-corrected chi connectivity index (χ2v) is 4.57. The molecule has 2 aromatic rings. The number of aliphatic carboxylic acids is 1. The smallest absolute Gasteiger partial charge is 0.313 e. The SMILES string of the molecule is Cc1ccc(-c2nc(SCC(=O)O)n[nH]2)c(F)c1. The summed E-state index contributed by atoms with van der Waals surface area (Å²) in [5.74, 6) is -1.18. The summed E-state index contributed by atoms with van der Waals surface area (Å²) in [4.78, 5) is 14.4. The second kappa shape index (κ2) is 5.18. The van der Waals surface area contributed by atoms with Crippen molar-refractivity contribution in [2.24, 2.45) is 0 Å². The summed E-state index contributed by atoms with van der Waals surface area (Å²) in [5, 5.41) is 15.2. The third-order valence-corrected chi connectivity index (χ3v) is 3.00. The molecular formula is C11H10FN3O2S. The number of carboxylic acids is 1. The van der Waals surface area contributed by atoms with Gasteiger partial charge in [-0.3, -0.25) is 9.89 Å². The molecule has 1 heterocycles. The molecule has 5 nitrogen and oxygen atoms in total. The molecule has 2 N–H and O–H groups in total. The van der Waals surface area contributed by atoms with Gasteiger partial charge in [0.2, 0.25) is 5.16 Å². The quantitative estimate of drug-likeness (QED) is 0.829. The van der Waals surface area contributed by atoms with Gasteiger partial charge in [-0.15, -0.1) is 5.10 Å². The number of H-pyrrole nitrogens is 1. The van der Waals surface area contributed by atoms with Crippen molar-refractivity contribution in [3.63, 3.8) is 0 Å². The molecule has 2 rings (SSSR count). The minimum atomic E-state index is -0.951. The Kier molecular flexibility index (Phi) is 3.61. The number of nitrogens with zero attached hydrogens (tertiary/aromatic N) is 2. The molecule has 1 aromatic carbocycles. The lowest BCUT2D eigenvalue weighted by Crippen LogP contribution is -1.97. The predicted octanol–water partition coefficient (Wildman–Crippen LogP) is 2.10. The first-order valence-corrected chi connectivity index (χ1v) is 6.08. The summed E-state index contributed by atoms with van der Waals surface area (Å²) in [6, 6.07) is 4.78. The number of benzene rings is 1. The van der Waals surface area contributed by atoms with E-state index in [0.29, 0.717) is 11.4 Å². The van der Waals surface area contributed by atoms with Crippen LogP contribution in [0.3, 0.4) is 0 Å². The Balaban J connectivity index is 2.21. The summed E-state index contributed by atoms with van der Waals surface area (Å²) in [6.45, 7) is 1.79. The van der Waals surface area contributed by atoms with Gasteiger partial charge in [-0.1, -0.05) is 17.8 Å². The van der Waals surface area contributed by atoms with Crippen LogP contribution in [-0.2, 0) is 4.79 Å². The highest BCUT2D eigenvalue weighted by molar-refractivity contribution is 7.99. The van der Waals surface area contributed by atoms with E-state index in [4.69, 9.17) is 5.11 Å². The van der Waals surface area contributed by atoms with Gasteiger partial charge >= 0.3 is 5.97 Å². The van der Waals surface area contributed by atoms with E-state index in [1.54, 1.807) is 19.1 Å². The van der Waals surface area contributed by atoms with E-state index in [2.05, 4.69) is 15.2 Å². The van der Waals surface area contributed by atoms with Gasteiger partial charge in [-0.05, 0) is 24.6 Å². The monoisotopic (exact) mass is 267 g/mol. The topological polar surface area (TPSA) is 78.9 Å². The van der Waals surface area contributed by atoms with Gasteiger partial charge in [0.25, 0.3) is 0 Å². The first-order valence-electron chi connectivity index (χ1n) is 5.10. The molecule has 0 aliphatic carbocycles. The van der Waals surface area contributed by atoms with Crippen LogP contribution in [0.2, 0.25) is 0 Å². The molecule has 0 aliphatic rings. The number of carboxylic acid groups (broad SMARTS) is 1. The first kappa shape index (κ1) is 12.6. The first-order chi connectivity index (χ1) is 8.56. The van der Waals surface area contributed by atoms with E-state index in [9.17, 15) is 9.18 Å². The molecule has 0 unspecified atom stereocenters. The molecule has 0 aliphatic heterocycles. The Bertz CT molecular complexity index is 585. The molecule has 0 atom stereocenters. The largest absolute Gasteiger partial charge is 0.481 e. The Morgan fingerprint density at radius 3 is 3.00 bits per heavy atom. The van der Waals surface area contributed by atoms with Gasteiger partial charge in [-0.2, -0.15) is 0 Å². The van der Waals surface area contributed by atoms with E-state index in [1.807, 2.05) is 0 Å². The van der Waals surface area contributed by atoms with Gasteiger partial charge in [0.15, 0.2) is 5.82 Å². The van der Waals surface area contributed by atoms with Crippen molar-refractivity contribution >= 4 is 17.7 Å². The van der Waals surface area contributed by atoms with Crippen LogP contribution < -0.4 is 0 Å². The van der Waals surface area contributed by atoms with Crippen molar-refractivity contribution in [1.82, 2.24) is 15.2 Å². The zero-order valence-corrected chi connectivity index (χ0v) is 10.3. The standard InChI is InChI=1S/C11H10FN3O2S/c1-6-2-3-7(8(12)4-6)10-13-11(15-14-10)18-5-9(16)17/h2-4H,5H2,1H3,(H,16,17)(H,13,14,15). The van der Waals surface area contributed by atoms with Crippen LogP contribution in [-0.4, -0.2) is 32.0 Å². The van der Waals surface area contributed by atoms with Crippen molar-refractivity contribution in [3.8, 4) is 11.4 Å². The predicted molar refractivity (Wildman–Crippen MR) is 64.9 cm³/mol. The Morgan fingerprint density at radius 1 is 1.56 bits per heavy atom. The lowest BCUT2D eigenvalue weighted by Gasteiger charge is -1.99. The molecule has 1 aromatic heterocycles. The van der Waals surface area contributed by atoms with Gasteiger partial charge < -0.3 is 5.11 Å². The fraction of sp³-hybridized carbons (Fsp3) is 0.182. The van der Waals surface area contributed by atoms with Crippen LogP contribution in [0.4, 0.5) is 4.39 Å². The van der Waals surface area contributed by atoms with E-state index in [1.165, 1.54) is 6.07 Å². The summed E-state index contributed by atoms with van der Waals surface area (Å²) in [6.07, 6.45) is 0. The van der Waals surface area contributed by atoms with Gasteiger partial charge in [0.1, 0.15) is 5.82 Å². The molecule has 0 saturated heterocycles. The number of aryl methyl sites for hydroxylation is 1. The van der Waals surface area contributed by atoms with E-state index in [0.717, 1.165) is 17.3 Å². The summed E-state index contributed by atoms with van der Waals surface area (Å²) in [5.41, 5.74) is 1.13. The highest BCUT2D eigenvalue weighted by Crippen LogP contribution is 2.22. The second-order valence-electron chi connectivity index (χ2n) is 3.63. The molecule has 0 fully saturated rings. The van der Waals surface area contributed by atoms with Crippen molar-refractivity contribution in [3.05, 3.63) is 29.6 Å². The fourth-order valence-electron chi connectivity index (χ4n) is 1.37. The number of hydrogen-bond donors (Lipinski definition) is 2. The lowest BCUT2D eigenvalue weighted by molar-refractivity contribution is -0.133. The third-order valence-electron chi connectivity index (χ3n) is 2.17. The van der Waals surface area contributed by atoms with Crippen LogP contribution >= 0.6 is 11.8 Å². The summed E-state index contributed by atoms with van der Waals surface area (Å²) in [7, 11) is 0. The van der Waals surface area contributed by atoms with E-state index in [-0.39, 0.29) is 16.7 Å². The highest BCUT2D eigenvalue weighted by atomic mass is 32.2. The van der Waals surface area contributed by atoms with Crippen LogP contribution in [0.1, 0.15) is 5.56 Å². The number of rotatable bonds is 4. The number of carbonyl (C=O) groups is 1. The van der Waals surface area contributed by atoms with Gasteiger partial charge in [-0.25, -0.2) is 9.37 Å². The number of hydrogen-bond acceptors (Lipinski definition) is 4. The number of thioether (sulfide) groups is 1. The fourth-order valence-corrected chi connectivity index (χ4v) is 1.89. The summed E-state index contributed by atoms with van der Waals surface area (Å²) >= 11 is 0.978. The molecule has 0 radical (unpaired) electrons. The number of aromatic amines is 1. The maximum atomic E-state index is 13.7. The summed E-state index contributed by atoms with van der Waals surface area (Å²) < 4.78 is 13.7. The van der Waals surface area contributed by atoms with Crippen LogP contribution in [0.15, 0.2) is 23.4 Å². The van der Waals surface area contributed by atoms with Crippen molar-refractivity contribution < 1.29 is 14.3 Å². The average Bonchev–Trinajstić information content (AvgIpc) is 2.75. The van der Waals surface area contributed by atoms with Crippen LogP contribution in [0.5, 0.6) is 0 Å². The van der Waals surface area contributed by atoms with Crippen molar-refractivity contribution in [2.45, 2.75) is 12.1 Å². The van der Waals surface area contributed by atoms with Gasteiger partial charge in [0.05, 0.1) is 11.3 Å². The molecular weight excluding hydrogens is 257 g/mol. The van der Waals surface area contributed by atoms with Crippen molar-refractivity contribution in [2.75, 3.05) is 5.75 Å². The number of aromatic nitrogens is 3. The molecule has 7 heteroatoms. The van der Waals surface area contributed by atoms with Crippen LogP contribution in [0, 0.1) is 12.7 Å². The molecule has 94 valence electrons. The molecule has 0 saturated carbocycles. The average molecular weight is 267 g/mol. The lowest BCUT2D eigenvalue weighted by atomic mass is 10.1.